The molecule has 1 atom stereocenters. The predicted molar refractivity (Wildman–Crippen MR) is 54.8 cm³/mol. The Hall–Kier alpha value is -1.75. The Labute approximate surface area is 83.9 Å². The van der Waals surface area contributed by atoms with Gasteiger partial charge >= 0.3 is 5.97 Å². The summed E-state index contributed by atoms with van der Waals surface area (Å²) in [5.74, 6) is 2.04. The molecule has 1 rings (SSSR count). The van der Waals surface area contributed by atoms with Crippen LogP contribution in [-0.4, -0.2) is 12.1 Å². The summed E-state index contributed by atoms with van der Waals surface area (Å²) in [6.45, 7) is 1.88. The highest BCUT2D eigenvalue weighted by Gasteiger charge is 2.10. The van der Waals surface area contributed by atoms with E-state index in [0.29, 0.717) is 12.0 Å². The first-order valence-corrected chi connectivity index (χ1v) is 4.50. The minimum atomic E-state index is -0.428. The van der Waals surface area contributed by atoms with Crippen molar-refractivity contribution >= 4 is 5.97 Å². The van der Waals surface area contributed by atoms with Gasteiger partial charge in [0.05, 0.1) is 5.56 Å². The molecule has 0 aromatic heterocycles. The van der Waals surface area contributed by atoms with Gasteiger partial charge in [-0.2, -0.15) is 0 Å². The highest BCUT2D eigenvalue weighted by atomic mass is 16.5. The van der Waals surface area contributed by atoms with E-state index in [-0.39, 0.29) is 5.97 Å². The van der Waals surface area contributed by atoms with Gasteiger partial charge in [-0.15, -0.1) is 6.42 Å². The number of carbonyl (C=O) groups is 1. The molecule has 0 amide bonds. The van der Waals surface area contributed by atoms with Crippen LogP contribution in [0.1, 0.15) is 23.7 Å². The van der Waals surface area contributed by atoms with E-state index >= 15 is 0 Å². The zero-order valence-electron chi connectivity index (χ0n) is 8.07. The van der Waals surface area contributed by atoms with Crippen LogP contribution in [0.3, 0.4) is 0 Å². The fourth-order valence-corrected chi connectivity index (χ4v) is 1.01. The van der Waals surface area contributed by atoms with Crippen molar-refractivity contribution in [2.75, 3.05) is 0 Å². The molecule has 0 heterocycles. The number of hydrogen-bond acceptors (Lipinski definition) is 2. The lowest BCUT2D eigenvalue weighted by Crippen LogP contribution is -2.15. The average molecular weight is 188 g/mol. The Balaban J connectivity index is 2.64. The van der Waals surface area contributed by atoms with Crippen molar-refractivity contribution in [2.45, 2.75) is 19.4 Å². The molecule has 14 heavy (non-hydrogen) atoms. The van der Waals surface area contributed by atoms with Crippen molar-refractivity contribution in [2.24, 2.45) is 0 Å². The average Bonchev–Trinajstić information content (AvgIpc) is 2.26. The van der Waals surface area contributed by atoms with Gasteiger partial charge in [0.1, 0.15) is 0 Å². The number of rotatable bonds is 3. The molecular formula is C12H12O2. The third-order valence-electron chi connectivity index (χ3n) is 1.82. The third-order valence-corrected chi connectivity index (χ3v) is 1.82. The summed E-state index contributed by atoms with van der Waals surface area (Å²) in [6.07, 6.45) is 5.39. The molecule has 2 nitrogen and oxygen atoms in total. The van der Waals surface area contributed by atoms with E-state index in [2.05, 4.69) is 5.92 Å². The van der Waals surface area contributed by atoms with Crippen molar-refractivity contribution in [3.63, 3.8) is 0 Å². The van der Waals surface area contributed by atoms with E-state index in [1.54, 1.807) is 24.3 Å². The SMILES string of the molecule is C#CC(CC)OC(=O)c1ccccc1. The van der Waals surface area contributed by atoms with Gasteiger partial charge in [-0.05, 0) is 18.6 Å². The van der Waals surface area contributed by atoms with Gasteiger partial charge < -0.3 is 4.74 Å². The quantitative estimate of drug-likeness (QED) is 0.537. The van der Waals surface area contributed by atoms with Gasteiger partial charge in [-0.25, -0.2) is 4.79 Å². The van der Waals surface area contributed by atoms with E-state index < -0.39 is 6.10 Å². The van der Waals surface area contributed by atoms with Crippen LogP contribution in [0.4, 0.5) is 0 Å². The molecule has 72 valence electrons. The first-order chi connectivity index (χ1) is 6.77. The smallest absolute Gasteiger partial charge is 0.339 e. The first kappa shape index (κ1) is 10.3. The minimum absolute atomic E-state index is 0.365. The lowest BCUT2D eigenvalue weighted by Gasteiger charge is -2.09. The molecule has 1 unspecified atom stereocenters. The lowest BCUT2D eigenvalue weighted by atomic mass is 10.2. The minimum Gasteiger partial charge on any atom is -0.446 e. The van der Waals surface area contributed by atoms with E-state index in [1.807, 2.05) is 13.0 Å². The molecule has 1 aromatic rings. The highest BCUT2D eigenvalue weighted by Crippen LogP contribution is 2.05. The number of carbonyl (C=O) groups excluding carboxylic acids is 1. The number of esters is 1. The molecule has 0 saturated carbocycles. The molecule has 0 saturated heterocycles. The summed E-state index contributed by atoms with van der Waals surface area (Å²) in [6, 6.07) is 8.81. The van der Waals surface area contributed by atoms with Gasteiger partial charge in [-0.1, -0.05) is 31.0 Å². The number of benzene rings is 1. The second-order valence-corrected chi connectivity index (χ2v) is 2.83. The molecular weight excluding hydrogens is 176 g/mol. The molecule has 0 aliphatic heterocycles. The van der Waals surface area contributed by atoms with Crippen molar-refractivity contribution < 1.29 is 9.53 Å². The summed E-state index contributed by atoms with van der Waals surface area (Å²) in [4.78, 5) is 11.5. The highest BCUT2D eigenvalue weighted by molar-refractivity contribution is 5.89. The zero-order chi connectivity index (χ0) is 10.4. The van der Waals surface area contributed by atoms with E-state index in [0.717, 1.165) is 0 Å². The Kier molecular flexibility index (Phi) is 3.75. The number of ether oxygens (including phenoxy) is 1. The Morgan fingerprint density at radius 2 is 2.14 bits per heavy atom. The predicted octanol–water partition coefficient (Wildman–Crippen LogP) is 2.26. The standard InChI is InChI=1S/C12H12O2/c1-3-11(4-2)14-12(13)10-8-6-5-7-9-10/h1,5-9,11H,4H2,2H3. The first-order valence-electron chi connectivity index (χ1n) is 4.50. The Morgan fingerprint density at radius 1 is 1.50 bits per heavy atom. The van der Waals surface area contributed by atoms with Gasteiger partial charge in [-0.3, -0.25) is 0 Å². The normalized spacial score (nSPS) is 11.4. The van der Waals surface area contributed by atoms with Gasteiger partial charge in [0, 0.05) is 0 Å². The Bertz CT molecular complexity index is 335. The van der Waals surface area contributed by atoms with E-state index in [4.69, 9.17) is 11.2 Å². The molecule has 2 heteroatoms. The second kappa shape index (κ2) is 5.08. The fourth-order valence-electron chi connectivity index (χ4n) is 1.01. The largest absolute Gasteiger partial charge is 0.446 e. The number of terminal acetylenes is 1. The molecule has 0 aliphatic carbocycles. The molecule has 0 aliphatic rings. The molecule has 0 N–H and O–H groups in total. The molecule has 1 aromatic carbocycles. The molecule has 0 fully saturated rings. The van der Waals surface area contributed by atoms with Crippen molar-refractivity contribution in [1.82, 2.24) is 0 Å². The third kappa shape index (κ3) is 2.63. The monoisotopic (exact) mass is 188 g/mol. The molecule has 0 spiro atoms. The summed E-state index contributed by atoms with van der Waals surface area (Å²) in [7, 11) is 0. The van der Waals surface area contributed by atoms with Gasteiger partial charge in [0.2, 0.25) is 0 Å². The number of hydrogen-bond donors (Lipinski definition) is 0. The van der Waals surface area contributed by atoms with Crippen molar-refractivity contribution in [3.8, 4) is 12.3 Å². The molecule has 0 bridgehead atoms. The van der Waals surface area contributed by atoms with E-state index in [9.17, 15) is 4.79 Å². The maximum atomic E-state index is 11.5. The van der Waals surface area contributed by atoms with Crippen LogP contribution in [0.5, 0.6) is 0 Å². The van der Waals surface area contributed by atoms with Crippen LogP contribution in [0.15, 0.2) is 30.3 Å². The van der Waals surface area contributed by atoms with Crippen LogP contribution in [0, 0.1) is 12.3 Å². The van der Waals surface area contributed by atoms with Crippen LogP contribution in [-0.2, 0) is 4.74 Å². The van der Waals surface area contributed by atoms with Crippen LogP contribution in [0.25, 0.3) is 0 Å². The molecule has 0 radical (unpaired) electrons. The summed E-state index contributed by atoms with van der Waals surface area (Å²) >= 11 is 0. The lowest BCUT2D eigenvalue weighted by molar-refractivity contribution is 0.0405. The topological polar surface area (TPSA) is 26.3 Å². The van der Waals surface area contributed by atoms with Crippen LogP contribution in [0.2, 0.25) is 0 Å². The van der Waals surface area contributed by atoms with Crippen LogP contribution >= 0.6 is 0 Å². The fraction of sp³-hybridized carbons (Fsp3) is 0.250. The summed E-state index contributed by atoms with van der Waals surface area (Å²) in [5.41, 5.74) is 0.529. The maximum Gasteiger partial charge on any atom is 0.339 e. The van der Waals surface area contributed by atoms with Gasteiger partial charge in [0.25, 0.3) is 0 Å². The zero-order valence-corrected chi connectivity index (χ0v) is 8.07. The summed E-state index contributed by atoms with van der Waals surface area (Å²) < 4.78 is 5.06. The van der Waals surface area contributed by atoms with Gasteiger partial charge in [0.15, 0.2) is 6.10 Å². The summed E-state index contributed by atoms with van der Waals surface area (Å²) in [5, 5.41) is 0. The Morgan fingerprint density at radius 3 is 2.64 bits per heavy atom. The van der Waals surface area contributed by atoms with Crippen molar-refractivity contribution in [3.05, 3.63) is 35.9 Å². The maximum absolute atomic E-state index is 11.5. The van der Waals surface area contributed by atoms with Crippen LogP contribution < -0.4 is 0 Å². The second-order valence-electron chi connectivity index (χ2n) is 2.83. The van der Waals surface area contributed by atoms with E-state index in [1.165, 1.54) is 0 Å². The van der Waals surface area contributed by atoms with Crippen molar-refractivity contribution in [1.29, 1.82) is 0 Å².